The van der Waals surface area contributed by atoms with Crippen molar-refractivity contribution >= 4 is 23.9 Å². The van der Waals surface area contributed by atoms with Crippen molar-refractivity contribution < 1.29 is 56.4 Å². The van der Waals surface area contributed by atoms with Gasteiger partial charge >= 0.3 is 17.9 Å². The summed E-state index contributed by atoms with van der Waals surface area (Å²) in [5.41, 5.74) is 0. The smallest absolute Gasteiger partial charge is 0.317 e. The van der Waals surface area contributed by atoms with E-state index in [0.717, 1.165) is 0 Å². The number of hydrogen-bond donors (Lipinski definition) is 4. The van der Waals surface area contributed by atoms with E-state index < -0.39 is 29.9 Å². The van der Waals surface area contributed by atoms with Gasteiger partial charge in [-0.15, -0.1) is 0 Å². The summed E-state index contributed by atoms with van der Waals surface area (Å²) in [6.45, 7) is 4.98. The zero-order chi connectivity index (χ0) is 22.0. The predicted molar refractivity (Wildman–Crippen MR) is 101 cm³/mol. The van der Waals surface area contributed by atoms with E-state index in [1.54, 1.807) is 19.6 Å². The number of carbonyl (C=O) groups is 4. The summed E-state index contributed by atoms with van der Waals surface area (Å²) in [5.74, 6) is -4.23. The third-order valence-electron chi connectivity index (χ3n) is 4.67. The minimum Gasteiger partial charge on any atom is -0.482 e. The van der Waals surface area contributed by atoms with Crippen LogP contribution in [-0.4, -0.2) is 142 Å². The molecule has 1 atom stereocenters. The van der Waals surface area contributed by atoms with Crippen molar-refractivity contribution in [1.29, 1.82) is 0 Å². The molecule has 1 saturated heterocycles. The number of rotatable bonds is 8. The van der Waals surface area contributed by atoms with Gasteiger partial charge in [0.15, 0.2) is 0 Å². The molecular formula is C17H29CoN4O8-. The Hall–Kier alpha value is -1.77. The second kappa shape index (κ2) is 14.3. The van der Waals surface area contributed by atoms with E-state index in [0.29, 0.717) is 0 Å². The van der Waals surface area contributed by atoms with Crippen molar-refractivity contribution in [3.63, 3.8) is 0 Å². The summed E-state index contributed by atoms with van der Waals surface area (Å²) in [6, 6.07) is -1.06. The van der Waals surface area contributed by atoms with Gasteiger partial charge in [0.05, 0.1) is 19.6 Å². The zero-order valence-corrected chi connectivity index (χ0v) is 17.6. The van der Waals surface area contributed by atoms with Crippen molar-refractivity contribution in [3.8, 4) is 0 Å². The maximum absolute atomic E-state index is 11.4. The molecule has 1 fully saturated rings. The first-order valence-corrected chi connectivity index (χ1v) is 9.21. The molecule has 1 rings (SSSR count). The van der Waals surface area contributed by atoms with E-state index in [4.69, 9.17) is 15.3 Å². The quantitative estimate of drug-likeness (QED) is 0.279. The van der Waals surface area contributed by atoms with E-state index in [1.807, 2.05) is 0 Å². The molecule has 0 aromatic heterocycles. The maximum atomic E-state index is 11.4. The molecule has 1 heterocycles. The Balaban J connectivity index is 0.00000841. The number of nitrogens with zero attached hydrogens (tertiary/aromatic N) is 4. The fourth-order valence-electron chi connectivity index (χ4n) is 3.07. The number of carboxylic acids is 4. The summed E-state index contributed by atoms with van der Waals surface area (Å²) in [6.07, 6.45) is 0. The normalized spacial score (nSPS) is 19.6. The summed E-state index contributed by atoms with van der Waals surface area (Å²) in [7, 11) is 0. The van der Waals surface area contributed by atoms with Crippen molar-refractivity contribution in [1.82, 2.24) is 19.6 Å². The van der Waals surface area contributed by atoms with Crippen LogP contribution in [0.25, 0.3) is 0 Å². The monoisotopic (exact) mass is 476 g/mol. The van der Waals surface area contributed by atoms with Crippen LogP contribution in [0.5, 0.6) is 0 Å². The average Bonchev–Trinajstić information content (AvgIpc) is 2.59. The molecule has 1 unspecified atom stereocenters. The zero-order valence-electron chi connectivity index (χ0n) is 16.6. The Bertz CT molecular complexity index is 562. The van der Waals surface area contributed by atoms with Gasteiger partial charge in [-0.3, -0.25) is 33.9 Å². The molecule has 0 saturated carbocycles. The summed E-state index contributed by atoms with van der Waals surface area (Å²) in [4.78, 5) is 51.2. The minimum absolute atomic E-state index is 0. The first-order valence-electron chi connectivity index (χ1n) is 9.21. The molecule has 0 aromatic carbocycles. The third kappa shape index (κ3) is 11.4. The van der Waals surface area contributed by atoms with Gasteiger partial charge in [-0.2, -0.15) is 0 Å². The van der Waals surface area contributed by atoms with Crippen LogP contribution < -0.4 is 0 Å². The molecule has 0 aliphatic carbocycles. The van der Waals surface area contributed by atoms with Gasteiger partial charge < -0.3 is 32.2 Å². The first-order chi connectivity index (χ1) is 13.6. The van der Waals surface area contributed by atoms with E-state index in [-0.39, 0.29) is 88.8 Å². The first kappa shape index (κ1) is 28.2. The number of carboxylic acid groups (broad SMARTS) is 4. The molecule has 0 bridgehead atoms. The van der Waals surface area contributed by atoms with E-state index >= 15 is 0 Å². The molecule has 1 radical (unpaired) electrons. The van der Waals surface area contributed by atoms with Crippen LogP contribution >= 0.6 is 0 Å². The molecule has 13 heteroatoms. The van der Waals surface area contributed by atoms with Crippen LogP contribution in [0.4, 0.5) is 0 Å². The fourth-order valence-corrected chi connectivity index (χ4v) is 3.07. The Morgan fingerprint density at radius 1 is 0.633 bits per heavy atom. The van der Waals surface area contributed by atoms with E-state index in [9.17, 15) is 24.3 Å². The Labute approximate surface area is 185 Å². The van der Waals surface area contributed by atoms with Gasteiger partial charge in [-0.05, 0) is 6.04 Å². The third-order valence-corrected chi connectivity index (χ3v) is 4.67. The van der Waals surface area contributed by atoms with Crippen LogP contribution in [0.3, 0.4) is 0 Å². The number of aliphatic carboxylic acids is 4. The second-order valence-corrected chi connectivity index (χ2v) is 6.90. The van der Waals surface area contributed by atoms with Crippen LogP contribution in [0.15, 0.2) is 0 Å². The van der Waals surface area contributed by atoms with Crippen LogP contribution in [0.1, 0.15) is 0 Å². The largest absolute Gasteiger partial charge is 0.482 e. The van der Waals surface area contributed by atoms with Gasteiger partial charge in [0.25, 0.3) is 5.97 Å². The van der Waals surface area contributed by atoms with Gasteiger partial charge in [-0.1, -0.05) is 0 Å². The summed E-state index contributed by atoms with van der Waals surface area (Å²) in [5, 5.41) is 36.6. The SMILES string of the molecule is [CH2-]C(C(=O)O)N1CCN(CC(=O)O)CCN(CC(=O)O)CCN(CC(=O)O)CC1.[Co]. The molecule has 4 N–H and O–H groups in total. The van der Waals surface area contributed by atoms with Crippen LogP contribution in [-0.2, 0) is 36.0 Å². The Morgan fingerprint density at radius 2 is 0.900 bits per heavy atom. The molecule has 175 valence electrons. The fraction of sp³-hybridized carbons (Fsp3) is 0.706. The molecule has 1 aliphatic rings. The number of hydrogen-bond acceptors (Lipinski definition) is 8. The minimum atomic E-state index is -1.13. The van der Waals surface area contributed by atoms with Gasteiger partial charge in [0.2, 0.25) is 0 Å². The van der Waals surface area contributed by atoms with E-state index in [1.165, 1.54) is 0 Å². The summed E-state index contributed by atoms with van der Waals surface area (Å²) < 4.78 is 0. The molecule has 12 nitrogen and oxygen atoms in total. The summed E-state index contributed by atoms with van der Waals surface area (Å²) >= 11 is 0. The topological polar surface area (TPSA) is 162 Å². The van der Waals surface area contributed by atoms with Crippen molar-refractivity contribution in [2.24, 2.45) is 0 Å². The second-order valence-electron chi connectivity index (χ2n) is 6.90. The van der Waals surface area contributed by atoms with Crippen molar-refractivity contribution in [2.45, 2.75) is 6.04 Å². The Morgan fingerprint density at radius 3 is 1.13 bits per heavy atom. The van der Waals surface area contributed by atoms with Gasteiger partial charge in [-0.25, -0.2) is 0 Å². The molecule has 0 aromatic rings. The van der Waals surface area contributed by atoms with E-state index in [2.05, 4.69) is 6.92 Å². The molecule has 1 aliphatic heterocycles. The maximum Gasteiger partial charge on any atom is 0.317 e. The molecule has 30 heavy (non-hydrogen) atoms. The van der Waals surface area contributed by atoms with Crippen molar-refractivity contribution in [3.05, 3.63) is 6.92 Å². The molecule has 0 amide bonds. The van der Waals surface area contributed by atoms with Crippen LogP contribution in [0, 0.1) is 6.92 Å². The van der Waals surface area contributed by atoms with Crippen molar-refractivity contribution in [2.75, 3.05) is 72.0 Å². The standard InChI is InChI=1S/C17H29N4O8.Co/c1-13(17(28)29)21-8-6-19(11-15(24)25)4-2-18(10-14(22)23)3-5-20(7-9-21)12-16(26)27;/h13H,1-12H2,(H,22,23)(H,24,25)(H,26,27)(H,28,29);/q-1;. The average molecular weight is 476 g/mol. The van der Waals surface area contributed by atoms with Crippen LogP contribution in [0.2, 0.25) is 0 Å². The van der Waals surface area contributed by atoms with Gasteiger partial charge in [0.1, 0.15) is 0 Å². The molecule has 0 spiro atoms. The molecular weight excluding hydrogens is 447 g/mol. The Kier molecular flexibility index (Phi) is 13.4. The van der Waals surface area contributed by atoms with Gasteiger partial charge in [0, 0.05) is 69.1 Å². The predicted octanol–water partition coefficient (Wildman–Crippen LogP) is -2.25.